The summed E-state index contributed by atoms with van der Waals surface area (Å²) in [5, 5.41) is 9.44. The summed E-state index contributed by atoms with van der Waals surface area (Å²) in [5.41, 5.74) is 2.54. The van der Waals surface area contributed by atoms with Gasteiger partial charge in [0.15, 0.2) is 17.3 Å². The van der Waals surface area contributed by atoms with E-state index >= 15 is 0 Å². The number of rotatable bonds is 7. The summed E-state index contributed by atoms with van der Waals surface area (Å²) in [6.45, 7) is 3.69. The van der Waals surface area contributed by atoms with E-state index in [0.717, 1.165) is 11.1 Å². The molecule has 0 bridgehead atoms. The number of benzene rings is 2. The van der Waals surface area contributed by atoms with Crippen LogP contribution >= 0.6 is 0 Å². The summed E-state index contributed by atoms with van der Waals surface area (Å²) >= 11 is 0. The highest BCUT2D eigenvalue weighted by Crippen LogP contribution is 2.37. The van der Waals surface area contributed by atoms with Crippen molar-refractivity contribution in [2.24, 2.45) is 0 Å². The Kier molecular flexibility index (Phi) is 5.83. The number of carboxylic acid groups (broad SMARTS) is 1. The Morgan fingerprint density at radius 3 is 2.33 bits per heavy atom. The van der Waals surface area contributed by atoms with Gasteiger partial charge in [-0.1, -0.05) is 0 Å². The number of fused-ring (bicyclic) bond motifs is 1. The maximum atomic E-state index is 13.4. The third-order valence-electron chi connectivity index (χ3n) is 5.34. The molecule has 0 atom stereocenters. The van der Waals surface area contributed by atoms with Crippen LogP contribution in [-0.2, 0) is 6.61 Å². The lowest BCUT2D eigenvalue weighted by Gasteiger charge is -2.14. The molecule has 0 aliphatic heterocycles. The zero-order chi connectivity index (χ0) is 23.7. The maximum absolute atomic E-state index is 13.4. The summed E-state index contributed by atoms with van der Waals surface area (Å²) in [7, 11) is 3.04. The largest absolute Gasteiger partial charge is 0.493 e. The maximum Gasteiger partial charge on any atom is 0.371 e. The Morgan fingerprint density at radius 1 is 0.939 bits per heavy atom. The van der Waals surface area contributed by atoms with E-state index < -0.39 is 5.97 Å². The number of carboxylic acids is 1. The predicted molar refractivity (Wildman–Crippen MR) is 120 cm³/mol. The Bertz CT molecular complexity index is 1410. The standard InChI is InChI=1S/C25H22O8/c1-13-9-17-20(10-14(13)2)33-23(15-5-7-18(29-3)21(11-15)30-4)24(22(17)26)31-12-16-6-8-19(32-16)25(27)28/h5-11H,12H2,1-4H3,(H,27,28). The second kappa shape index (κ2) is 8.74. The van der Waals surface area contributed by atoms with E-state index in [2.05, 4.69) is 0 Å². The summed E-state index contributed by atoms with van der Waals surface area (Å²) in [6, 6.07) is 11.5. The van der Waals surface area contributed by atoms with Crippen molar-refractivity contribution in [3.63, 3.8) is 0 Å². The molecule has 1 N–H and O–H groups in total. The van der Waals surface area contributed by atoms with Crippen LogP contribution in [0.5, 0.6) is 17.2 Å². The highest BCUT2D eigenvalue weighted by molar-refractivity contribution is 5.84. The van der Waals surface area contributed by atoms with Crippen LogP contribution in [0.4, 0.5) is 0 Å². The molecule has 0 spiro atoms. The van der Waals surface area contributed by atoms with E-state index in [1.54, 1.807) is 24.3 Å². The molecule has 0 unspecified atom stereocenters. The molecule has 2 heterocycles. The summed E-state index contributed by atoms with van der Waals surface area (Å²) in [4.78, 5) is 24.5. The van der Waals surface area contributed by atoms with Crippen molar-refractivity contribution in [3.05, 3.63) is 75.3 Å². The van der Waals surface area contributed by atoms with E-state index in [4.69, 9.17) is 28.2 Å². The van der Waals surface area contributed by atoms with Crippen molar-refractivity contribution in [3.8, 4) is 28.6 Å². The van der Waals surface area contributed by atoms with Crippen molar-refractivity contribution >= 4 is 16.9 Å². The minimum absolute atomic E-state index is 0.0220. The molecule has 0 amide bonds. The van der Waals surface area contributed by atoms with Crippen molar-refractivity contribution < 1.29 is 32.9 Å². The quantitative estimate of drug-likeness (QED) is 0.421. The van der Waals surface area contributed by atoms with Crippen LogP contribution in [0.2, 0.25) is 0 Å². The molecule has 4 aromatic rings. The molecular weight excluding hydrogens is 428 g/mol. The van der Waals surface area contributed by atoms with Crippen LogP contribution in [0.15, 0.2) is 56.1 Å². The summed E-state index contributed by atoms with van der Waals surface area (Å²) in [5.74, 6) is 0.0166. The first kappa shape index (κ1) is 22.0. The van der Waals surface area contributed by atoms with E-state index in [0.29, 0.717) is 28.0 Å². The first-order chi connectivity index (χ1) is 15.8. The van der Waals surface area contributed by atoms with Crippen LogP contribution in [0.3, 0.4) is 0 Å². The number of carbonyl (C=O) groups is 1. The third-order valence-corrected chi connectivity index (χ3v) is 5.34. The lowest BCUT2D eigenvalue weighted by atomic mass is 10.0. The molecule has 2 aromatic heterocycles. The Balaban J connectivity index is 1.87. The fourth-order valence-electron chi connectivity index (χ4n) is 3.45. The number of hydrogen-bond donors (Lipinski definition) is 1. The predicted octanol–water partition coefficient (Wildman–Crippen LogP) is 4.96. The van der Waals surface area contributed by atoms with Gasteiger partial charge in [-0.05, 0) is 67.4 Å². The van der Waals surface area contributed by atoms with Gasteiger partial charge in [-0.2, -0.15) is 0 Å². The van der Waals surface area contributed by atoms with Gasteiger partial charge in [0.2, 0.25) is 16.9 Å². The number of methoxy groups -OCH3 is 2. The lowest BCUT2D eigenvalue weighted by Crippen LogP contribution is -2.10. The summed E-state index contributed by atoms with van der Waals surface area (Å²) < 4.78 is 27.9. The molecule has 0 saturated carbocycles. The zero-order valence-corrected chi connectivity index (χ0v) is 18.6. The Labute approximate surface area is 188 Å². The first-order valence-corrected chi connectivity index (χ1v) is 10.1. The second-order valence-corrected chi connectivity index (χ2v) is 7.45. The smallest absolute Gasteiger partial charge is 0.371 e. The monoisotopic (exact) mass is 450 g/mol. The average molecular weight is 450 g/mol. The zero-order valence-electron chi connectivity index (χ0n) is 18.6. The van der Waals surface area contributed by atoms with Gasteiger partial charge in [0.1, 0.15) is 18.0 Å². The van der Waals surface area contributed by atoms with Gasteiger partial charge in [0, 0.05) is 5.56 Å². The average Bonchev–Trinajstić information content (AvgIpc) is 3.28. The third kappa shape index (κ3) is 4.15. The van der Waals surface area contributed by atoms with Gasteiger partial charge in [-0.25, -0.2) is 4.79 Å². The van der Waals surface area contributed by atoms with Gasteiger partial charge >= 0.3 is 5.97 Å². The van der Waals surface area contributed by atoms with Crippen molar-refractivity contribution in [1.29, 1.82) is 0 Å². The molecule has 170 valence electrons. The second-order valence-electron chi connectivity index (χ2n) is 7.45. The number of hydrogen-bond acceptors (Lipinski definition) is 7. The number of aromatic carboxylic acids is 1. The highest BCUT2D eigenvalue weighted by Gasteiger charge is 2.21. The first-order valence-electron chi connectivity index (χ1n) is 10.1. The Hall–Kier alpha value is -4.20. The van der Waals surface area contributed by atoms with Crippen molar-refractivity contribution in [2.45, 2.75) is 20.5 Å². The molecule has 0 aliphatic rings. The van der Waals surface area contributed by atoms with E-state index in [1.165, 1.54) is 26.4 Å². The van der Waals surface area contributed by atoms with Crippen molar-refractivity contribution in [2.75, 3.05) is 14.2 Å². The van der Waals surface area contributed by atoms with E-state index in [-0.39, 0.29) is 35.1 Å². The van der Waals surface area contributed by atoms with Gasteiger partial charge in [-0.15, -0.1) is 0 Å². The van der Waals surface area contributed by atoms with Gasteiger partial charge in [-0.3, -0.25) is 4.79 Å². The van der Waals surface area contributed by atoms with Crippen molar-refractivity contribution in [1.82, 2.24) is 0 Å². The van der Waals surface area contributed by atoms with E-state index in [9.17, 15) is 9.59 Å². The summed E-state index contributed by atoms with van der Waals surface area (Å²) in [6.07, 6.45) is 0. The topological polar surface area (TPSA) is 108 Å². The molecule has 0 aliphatic carbocycles. The normalized spacial score (nSPS) is 10.9. The number of aryl methyl sites for hydroxylation is 2. The van der Waals surface area contributed by atoms with Gasteiger partial charge in [0.25, 0.3) is 0 Å². The fraction of sp³-hybridized carbons (Fsp3) is 0.200. The van der Waals surface area contributed by atoms with Crippen LogP contribution in [-0.4, -0.2) is 25.3 Å². The molecule has 8 nitrogen and oxygen atoms in total. The minimum Gasteiger partial charge on any atom is -0.493 e. The molecule has 8 heteroatoms. The van der Waals surface area contributed by atoms with Crippen LogP contribution < -0.4 is 19.6 Å². The molecule has 0 radical (unpaired) electrons. The van der Waals surface area contributed by atoms with Gasteiger partial charge < -0.3 is 28.2 Å². The van der Waals surface area contributed by atoms with Crippen LogP contribution in [0.1, 0.15) is 27.4 Å². The number of ether oxygens (including phenoxy) is 3. The molecule has 0 saturated heterocycles. The minimum atomic E-state index is -1.19. The van der Waals surface area contributed by atoms with Gasteiger partial charge in [0.05, 0.1) is 19.6 Å². The number of furan rings is 1. The molecule has 4 rings (SSSR count). The Morgan fingerprint density at radius 2 is 1.67 bits per heavy atom. The molecular formula is C25H22O8. The molecule has 33 heavy (non-hydrogen) atoms. The SMILES string of the molecule is COc1ccc(-c2oc3cc(C)c(C)cc3c(=O)c2OCc2ccc(C(=O)O)o2)cc1OC. The molecule has 2 aromatic carbocycles. The fourth-order valence-corrected chi connectivity index (χ4v) is 3.45. The van der Waals surface area contributed by atoms with E-state index in [1.807, 2.05) is 19.9 Å². The van der Waals surface area contributed by atoms with Crippen LogP contribution in [0, 0.1) is 13.8 Å². The lowest BCUT2D eigenvalue weighted by molar-refractivity contribution is 0.0658. The van der Waals surface area contributed by atoms with Crippen LogP contribution in [0.25, 0.3) is 22.3 Å². The molecule has 0 fully saturated rings. The highest BCUT2D eigenvalue weighted by atomic mass is 16.5.